The highest BCUT2D eigenvalue weighted by molar-refractivity contribution is 5.83. The Hall–Kier alpha value is -1.93. The molecule has 0 spiro atoms. The van der Waals surface area contributed by atoms with E-state index in [1.807, 2.05) is 18.5 Å². The smallest absolute Gasteiger partial charge is 0.235 e. The summed E-state index contributed by atoms with van der Waals surface area (Å²) in [7, 11) is 0. The van der Waals surface area contributed by atoms with E-state index >= 15 is 0 Å². The van der Waals surface area contributed by atoms with Gasteiger partial charge in [-0.1, -0.05) is 18.2 Å². The first kappa shape index (κ1) is 10.2. The largest absolute Gasteiger partial charge is 0.331 e. The first-order chi connectivity index (χ1) is 8.36. The molecule has 1 aromatic rings. The fraction of sp³-hybridized carbons (Fsp3) is 0.385. The molecule has 0 bridgehead atoms. The normalized spacial score (nSPS) is 20.1. The molecule has 0 aromatic heterocycles. The van der Waals surface area contributed by atoms with Crippen LogP contribution in [0.1, 0.15) is 18.4 Å². The molecule has 1 heterocycles. The zero-order valence-corrected chi connectivity index (χ0v) is 9.47. The van der Waals surface area contributed by atoms with E-state index in [1.54, 1.807) is 6.08 Å². The third-order valence-corrected chi connectivity index (χ3v) is 3.39. The maximum absolute atomic E-state index is 10.5. The van der Waals surface area contributed by atoms with Crippen LogP contribution in [0.25, 0.3) is 0 Å². The first-order valence-electron chi connectivity index (χ1n) is 5.81. The minimum Gasteiger partial charge on any atom is -0.331 e. The molecule has 86 valence electrons. The maximum Gasteiger partial charge on any atom is 0.235 e. The third-order valence-electron chi connectivity index (χ3n) is 3.39. The average Bonchev–Trinajstić information content (AvgIpc) is 2.94. The molecule has 4 heteroatoms. The summed E-state index contributed by atoms with van der Waals surface area (Å²) in [6.07, 6.45) is 5.44. The van der Waals surface area contributed by atoms with E-state index in [1.165, 1.54) is 0 Å². The minimum absolute atomic E-state index is 0.311. The van der Waals surface area contributed by atoms with Crippen molar-refractivity contribution in [3.05, 3.63) is 29.8 Å². The number of hydrogen-bond acceptors (Lipinski definition) is 4. The molecule has 0 saturated heterocycles. The highest BCUT2D eigenvalue weighted by Gasteiger charge is 2.46. The third kappa shape index (κ3) is 1.67. The molecule has 17 heavy (non-hydrogen) atoms. The number of nitrogens with zero attached hydrogens (tertiary/aromatic N) is 3. The van der Waals surface area contributed by atoms with Crippen molar-refractivity contribution < 1.29 is 4.79 Å². The van der Waals surface area contributed by atoms with Gasteiger partial charge in [-0.2, -0.15) is 4.99 Å². The molecule has 2 aliphatic rings. The lowest BCUT2D eigenvalue weighted by atomic mass is 10.0. The Labute approximate surface area is 99.7 Å². The second kappa shape index (κ2) is 3.82. The van der Waals surface area contributed by atoms with Gasteiger partial charge in [-0.05, 0) is 18.9 Å². The predicted octanol–water partition coefficient (Wildman–Crippen LogP) is 1.86. The van der Waals surface area contributed by atoms with Crippen LogP contribution in [-0.2, 0) is 10.3 Å². The lowest BCUT2D eigenvalue weighted by Crippen LogP contribution is -2.21. The van der Waals surface area contributed by atoms with Crippen LogP contribution in [0.5, 0.6) is 0 Å². The van der Waals surface area contributed by atoms with Gasteiger partial charge in [0.2, 0.25) is 6.08 Å². The molecule has 0 unspecified atom stereocenters. The number of hydrogen-bond donors (Lipinski definition) is 0. The van der Waals surface area contributed by atoms with Gasteiger partial charge >= 0.3 is 0 Å². The molecular weight excluding hydrogens is 214 g/mol. The Morgan fingerprint density at radius 1 is 1.35 bits per heavy atom. The molecule has 0 amide bonds. The molecule has 0 radical (unpaired) electrons. The number of anilines is 1. The SMILES string of the molecule is O=C=NC1(c2ccccc2N2C=NCC2)CC1. The van der Waals surface area contributed by atoms with Crippen LogP contribution in [0, 0.1) is 0 Å². The van der Waals surface area contributed by atoms with E-state index in [2.05, 4.69) is 27.0 Å². The van der Waals surface area contributed by atoms with E-state index in [-0.39, 0.29) is 5.54 Å². The number of benzene rings is 1. The summed E-state index contributed by atoms with van der Waals surface area (Å²) in [6.45, 7) is 1.73. The Morgan fingerprint density at radius 2 is 2.18 bits per heavy atom. The summed E-state index contributed by atoms with van der Waals surface area (Å²) >= 11 is 0. The fourth-order valence-corrected chi connectivity index (χ4v) is 2.33. The number of aliphatic imine (C=N–C) groups is 2. The predicted molar refractivity (Wildman–Crippen MR) is 66.2 cm³/mol. The number of rotatable bonds is 3. The van der Waals surface area contributed by atoms with Crippen LogP contribution in [0.15, 0.2) is 34.3 Å². The van der Waals surface area contributed by atoms with Crippen LogP contribution < -0.4 is 4.90 Å². The Kier molecular flexibility index (Phi) is 2.30. The highest BCUT2D eigenvalue weighted by atomic mass is 16.1. The van der Waals surface area contributed by atoms with E-state index in [4.69, 9.17) is 0 Å². The van der Waals surface area contributed by atoms with E-state index < -0.39 is 0 Å². The van der Waals surface area contributed by atoms with Crippen molar-refractivity contribution in [3.63, 3.8) is 0 Å². The van der Waals surface area contributed by atoms with Crippen LogP contribution in [0.4, 0.5) is 5.69 Å². The topological polar surface area (TPSA) is 45.0 Å². The van der Waals surface area contributed by atoms with Crippen molar-refractivity contribution in [2.75, 3.05) is 18.0 Å². The number of carbonyl (C=O) groups excluding carboxylic acids is 1. The zero-order chi connectivity index (χ0) is 11.7. The summed E-state index contributed by atoms with van der Waals surface area (Å²) in [5.41, 5.74) is 1.93. The van der Waals surface area contributed by atoms with Crippen LogP contribution in [0.2, 0.25) is 0 Å². The quantitative estimate of drug-likeness (QED) is 0.584. The second-order valence-electron chi connectivity index (χ2n) is 4.47. The van der Waals surface area contributed by atoms with Crippen LogP contribution in [-0.4, -0.2) is 25.5 Å². The number of isocyanates is 1. The molecule has 1 saturated carbocycles. The van der Waals surface area contributed by atoms with Gasteiger partial charge in [0.15, 0.2) is 0 Å². The molecule has 4 nitrogen and oxygen atoms in total. The first-order valence-corrected chi connectivity index (χ1v) is 5.81. The Bertz CT molecular complexity index is 513. The minimum atomic E-state index is -0.311. The summed E-state index contributed by atoms with van der Waals surface area (Å²) < 4.78 is 0. The van der Waals surface area contributed by atoms with Crippen molar-refractivity contribution in [2.24, 2.45) is 9.98 Å². The van der Waals surface area contributed by atoms with Gasteiger partial charge in [-0.25, -0.2) is 4.79 Å². The van der Waals surface area contributed by atoms with Gasteiger partial charge in [0, 0.05) is 17.8 Å². The summed E-state index contributed by atoms with van der Waals surface area (Å²) in [5, 5.41) is 0. The van der Waals surface area contributed by atoms with E-state index in [0.29, 0.717) is 0 Å². The zero-order valence-electron chi connectivity index (χ0n) is 9.47. The monoisotopic (exact) mass is 227 g/mol. The molecule has 1 aliphatic carbocycles. The number of para-hydroxylation sites is 1. The molecule has 3 rings (SSSR count). The van der Waals surface area contributed by atoms with Crippen LogP contribution >= 0.6 is 0 Å². The lowest BCUT2D eigenvalue weighted by molar-refractivity contribution is 0.556. The highest BCUT2D eigenvalue weighted by Crippen LogP contribution is 2.52. The van der Waals surface area contributed by atoms with Gasteiger partial charge in [0.05, 0.1) is 12.9 Å². The van der Waals surface area contributed by atoms with Crippen molar-refractivity contribution in [3.8, 4) is 0 Å². The standard InChI is InChI=1S/C13H13N3O/c17-10-15-13(5-6-13)11-3-1-2-4-12(11)16-8-7-14-9-16/h1-4,9H,5-8H2. The molecule has 0 N–H and O–H groups in total. The van der Waals surface area contributed by atoms with Crippen molar-refractivity contribution >= 4 is 18.1 Å². The van der Waals surface area contributed by atoms with Gasteiger partial charge in [-0.3, -0.25) is 4.99 Å². The summed E-state index contributed by atoms with van der Waals surface area (Å²) in [5.74, 6) is 0. The van der Waals surface area contributed by atoms with Crippen LogP contribution in [0.3, 0.4) is 0 Å². The molecule has 1 aromatic carbocycles. The average molecular weight is 227 g/mol. The van der Waals surface area contributed by atoms with Gasteiger partial charge in [-0.15, -0.1) is 0 Å². The van der Waals surface area contributed by atoms with Crippen molar-refractivity contribution in [1.82, 2.24) is 0 Å². The van der Waals surface area contributed by atoms with Gasteiger partial charge < -0.3 is 4.90 Å². The molecule has 1 fully saturated rings. The molecule has 1 aliphatic heterocycles. The lowest BCUT2D eigenvalue weighted by Gasteiger charge is -2.21. The van der Waals surface area contributed by atoms with E-state index in [9.17, 15) is 4.79 Å². The molecule has 0 atom stereocenters. The summed E-state index contributed by atoms with van der Waals surface area (Å²) in [4.78, 5) is 20.9. The summed E-state index contributed by atoms with van der Waals surface area (Å²) in [6, 6.07) is 8.11. The van der Waals surface area contributed by atoms with Gasteiger partial charge in [0.25, 0.3) is 0 Å². The Balaban J connectivity index is 2.05. The Morgan fingerprint density at radius 3 is 2.82 bits per heavy atom. The van der Waals surface area contributed by atoms with E-state index in [0.717, 1.165) is 37.2 Å². The van der Waals surface area contributed by atoms with Crippen molar-refractivity contribution in [1.29, 1.82) is 0 Å². The fourth-order valence-electron chi connectivity index (χ4n) is 2.33. The van der Waals surface area contributed by atoms with Gasteiger partial charge in [0.1, 0.15) is 5.54 Å². The molecular formula is C13H13N3O. The maximum atomic E-state index is 10.5. The van der Waals surface area contributed by atoms with Crippen molar-refractivity contribution in [2.45, 2.75) is 18.4 Å². The second-order valence-corrected chi connectivity index (χ2v) is 4.47.